The van der Waals surface area contributed by atoms with E-state index in [9.17, 15) is 32.3 Å². The number of fused-ring (bicyclic) bond motifs is 2. The van der Waals surface area contributed by atoms with E-state index in [1.165, 1.54) is 11.8 Å². The van der Waals surface area contributed by atoms with E-state index >= 15 is 0 Å². The number of hydrogen-bond acceptors (Lipinski definition) is 6. The number of rotatable bonds is 8. The Morgan fingerprint density at radius 1 is 1.18 bits per heavy atom. The summed E-state index contributed by atoms with van der Waals surface area (Å²) in [4.78, 5) is 53.4. The second-order valence-corrected chi connectivity index (χ2v) is 11.9. The summed E-state index contributed by atoms with van der Waals surface area (Å²) < 4.78 is 44.9. The van der Waals surface area contributed by atoms with Crippen molar-refractivity contribution in [3.63, 3.8) is 0 Å². The summed E-state index contributed by atoms with van der Waals surface area (Å²) in [5, 5.41) is 7.14. The molecule has 1 unspecified atom stereocenters. The van der Waals surface area contributed by atoms with Crippen molar-refractivity contribution in [2.45, 2.75) is 94.9 Å². The van der Waals surface area contributed by atoms with Crippen molar-refractivity contribution in [1.29, 1.82) is 0 Å². The van der Waals surface area contributed by atoms with Gasteiger partial charge in [-0.1, -0.05) is 31.0 Å². The van der Waals surface area contributed by atoms with Crippen LogP contribution < -0.4 is 21.7 Å². The SMILES string of the molecule is C[C@@H](OC(C)(C)C)[C@H](NC(=O)C(F)(F)F)C(=O)NC(CC1CC1)C(=O)N1C[C@]2(C[C@H]1N)C(=O)Nc1ccccc12. The van der Waals surface area contributed by atoms with Crippen LogP contribution in [0.4, 0.5) is 18.9 Å². The molecule has 0 radical (unpaired) electrons. The van der Waals surface area contributed by atoms with E-state index in [2.05, 4.69) is 10.6 Å². The highest BCUT2D eigenvalue weighted by molar-refractivity contribution is 6.07. The quantitative estimate of drug-likeness (QED) is 0.378. The lowest BCUT2D eigenvalue weighted by Crippen LogP contribution is -2.60. The number of nitrogens with one attached hydrogen (secondary N) is 3. The molecule has 220 valence electrons. The Labute approximate surface area is 230 Å². The van der Waals surface area contributed by atoms with Gasteiger partial charge in [-0.15, -0.1) is 0 Å². The van der Waals surface area contributed by atoms with Crippen molar-refractivity contribution in [1.82, 2.24) is 15.5 Å². The molecule has 1 saturated heterocycles. The van der Waals surface area contributed by atoms with Gasteiger partial charge in [0.2, 0.25) is 17.7 Å². The molecule has 1 aromatic rings. The van der Waals surface area contributed by atoms with Gasteiger partial charge < -0.3 is 31.3 Å². The molecule has 5 atom stereocenters. The molecule has 1 saturated carbocycles. The molecule has 13 heteroatoms. The number of likely N-dealkylation sites (tertiary alicyclic amines) is 1. The van der Waals surface area contributed by atoms with Crippen LogP contribution in [-0.4, -0.2) is 71.2 Å². The molecule has 40 heavy (non-hydrogen) atoms. The van der Waals surface area contributed by atoms with Gasteiger partial charge in [0, 0.05) is 18.7 Å². The Morgan fingerprint density at radius 3 is 2.42 bits per heavy atom. The molecule has 1 aliphatic carbocycles. The van der Waals surface area contributed by atoms with Crippen molar-refractivity contribution in [3.05, 3.63) is 29.8 Å². The Morgan fingerprint density at radius 2 is 1.82 bits per heavy atom. The van der Waals surface area contributed by atoms with Crippen LogP contribution in [0.5, 0.6) is 0 Å². The van der Waals surface area contributed by atoms with E-state index in [0.29, 0.717) is 5.69 Å². The monoisotopic (exact) mass is 567 g/mol. The average molecular weight is 568 g/mol. The largest absolute Gasteiger partial charge is 0.471 e. The second kappa shape index (κ2) is 10.7. The maximum atomic E-state index is 13.8. The number of carbonyl (C=O) groups is 4. The van der Waals surface area contributed by atoms with E-state index in [0.717, 1.165) is 18.4 Å². The van der Waals surface area contributed by atoms with E-state index in [4.69, 9.17) is 10.5 Å². The number of ether oxygens (including phenoxy) is 1. The molecule has 10 nitrogen and oxygen atoms in total. The topological polar surface area (TPSA) is 143 Å². The number of nitrogens with zero attached hydrogens (tertiary/aromatic N) is 1. The third kappa shape index (κ3) is 6.25. The molecule has 2 fully saturated rings. The summed E-state index contributed by atoms with van der Waals surface area (Å²) in [6.07, 6.45) is -5.11. The van der Waals surface area contributed by atoms with Gasteiger partial charge in [-0.05, 0) is 51.7 Å². The zero-order chi connectivity index (χ0) is 29.6. The van der Waals surface area contributed by atoms with Crippen molar-refractivity contribution in [2.24, 2.45) is 11.7 Å². The maximum Gasteiger partial charge on any atom is 0.471 e. The highest BCUT2D eigenvalue weighted by atomic mass is 19.4. The number of amides is 4. The van der Waals surface area contributed by atoms with Crippen molar-refractivity contribution in [2.75, 3.05) is 11.9 Å². The summed E-state index contributed by atoms with van der Waals surface area (Å²) in [5.41, 5.74) is 5.87. The fraction of sp³-hybridized carbons (Fsp3) is 0.630. The van der Waals surface area contributed by atoms with Crippen LogP contribution in [0, 0.1) is 5.92 Å². The first-order valence-electron chi connectivity index (χ1n) is 13.3. The molecule has 4 rings (SSSR count). The number of carbonyl (C=O) groups excluding carboxylic acids is 4. The van der Waals surface area contributed by atoms with E-state index in [1.54, 1.807) is 44.3 Å². The Hall–Kier alpha value is -3.19. The third-order valence-electron chi connectivity index (χ3n) is 7.52. The van der Waals surface area contributed by atoms with Gasteiger partial charge in [0.05, 0.1) is 23.3 Å². The summed E-state index contributed by atoms with van der Waals surface area (Å²) in [6, 6.07) is 4.31. The van der Waals surface area contributed by atoms with Crippen molar-refractivity contribution < 1.29 is 37.1 Å². The maximum absolute atomic E-state index is 13.8. The van der Waals surface area contributed by atoms with Gasteiger partial charge in [-0.2, -0.15) is 13.2 Å². The standard InChI is InChI=1S/C27H36F3N5O5/c1-14(40-25(2,3)4)20(34-24(39)27(28,29)30)21(36)32-18(11-15-9-10-15)22(37)35-13-26(12-19(35)31)16-7-5-6-8-17(16)33-23(26)38/h5-8,14-15,18-20H,9-13,31H2,1-4H3,(H,32,36)(H,33,38)(H,34,39)/t14-,18?,19+,20+,26+/m1/s1. The van der Waals surface area contributed by atoms with Gasteiger partial charge in [0.1, 0.15) is 12.1 Å². The summed E-state index contributed by atoms with van der Waals surface area (Å²) in [7, 11) is 0. The van der Waals surface area contributed by atoms with Gasteiger partial charge in [-0.3, -0.25) is 19.2 Å². The number of benzene rings is 1. The molecule has 1 spiro atoms. The minimum atomic E-state index is -5.22. The van der Waals surface area contributed by atoms with Crippen LogP contribution >= 0.6 is 0 Å². The zero-order valence-corrected chi connectivity index (χ0v) is 22.9. The van der Waals surface area contributed by atoms with Crippen molar-refractivity contribution in [3.8, 4) is 0 Å². The first-order chi connectivity index (χ1) is 18.5. The molecule has 1 aromatic carbocycles. The summed E-state index contributed by atoms with van der Waals surface area (Å²) in [5.74, 6) is -3.95. The predicted octanol–water partition coefficient (Wildman–Crippen LogP) is 1.93. The van der Waals surface area contributed by atoms with Crippen molar-refractivity contribution >= 4 is 29.3 Å². The molecule has 0 aromatic heterocycles. The summed E-state index contributed by atoms with van der Waals surface area (Å²) >= 11 is 0. The molecule has 0 bridgehead atoms. The molecule has 4 amide bonds. The lowest BCUT2D eigenvalue weighted by Gasteiger charge is -2.33. The van der Waals surface area contributed by atoms with Gasteiger partial charge >= 0.3 is 12.1 Å². The van der Waals surface area contributed by atoms with Gasteiger partial charge in [-0.25, -0.2) is 0 Å². The van der Waals surface area contributed by atoms with E-state index < -0.39 is 59.3 Å². The van der Waals surface area contributed by atoms with Crippen LogP contribution in [0.1, 0.15) is 58.9 Å². The second-order valence-electron chi connectivity index (χ2n) is 11.9. The lowest BCUT2D eigenvalue weighted by atomic mass is 9.80. The predicted molar refractivity (Wildman–Crippen MR) is 139 cm³/mol. The number of anilines is 1. The van der Waals surface area contributed by atoms with E-state index in [-0.39, 0.29) is 31.2 Å². The minimum absolute atomic E-state index is 0.00927. The van der Waals surface area contributed by atoms with Crippen LogP contribution in [0.3, 0.4) is 0 Å². The van der Waals surface area contributed by atoms with Crippen LogP contribution in [0.15, 0.2) is 24.3 Å². The Balaban J connectivity index is 1.56. The fourth-order valence-electron chi connectivity index (χ4n) is 5.53. The molecule has 5 N–H and O–H groups in total. The van der Waals surface area contributed by atoms with Crippen LogP contribution in [0.25, 0.3) is 0 Å². The molecular weight excluding hydrogens is 531 g/mol. The first-order valence-corrected chi connectivity index (χ1v) is 13.3. The number of hydrogen-bond donors (Lipinski definition) is 4. The molecule has 2 aliphatic heterocycles. The normalized spacial score (nSPS) is 24.8. The van der Waals surface area contributed by atoms with E-state index in [1.807, 2.05) is 6.07 Å². The van der Waals surface area contributed by atoms with Crippen LogP contribution in [0.2, 0.25) is 0 Å². The third-order valence-corrected chi connectivity index (χ3v) is 7.52. The Kier molecular flexibility index (Phi) is 7.94. The molecule has 2 heterocycles. The highest BCUT2D eigenvalue weighted by Gasteiger charge is 2.55. The number of halogens is 3. The fourth-order valence-corrected chi connectivity index (χ4v) is 5.53. The summed E-state index contributed by atoms with van der Waals surface area (Å²) in [6.45, 7) is 6.34. The van der Waals surface area contributed by atoms with Gasteiger partial charge in [0.25, 0.3) is 0 Å². The number of alkyl halides is 3. The number of nitrogens with two attached hydrogens (primary N) is 1. The van der Waals surface area contributed by atoms with Gasteiger partial charge in [0.15, 0.2) is 0 Å². The number of para-hydroxylation sites is 1. The lowest BCUT2D eigenvalue weighted by molar-refractivity contribution is -0.176. The minimum Gasteiger partial charge on any atom is -0.370 e. The Bertz CT molecular complexity index is 1180. The van der Waals surface area contributed by atoms with Crippen LogP contribution in [-0.2, 0) is 29.3 Å². The highest BCUT2D eigenvalue weighted by Crippen LogP contribution is 2.45. The average Bonchev–Trinajstić information content (AvgIpc) is 3.53. The first kappa shape index (κ1) is 29.8. The molecule has 3 aliphatic rings. The zero-order valence-electron chi connectivity index (χ0n) is 22.9. The molecular formula is C27H36F3N5O5. The smallest absolute Gasteiger partial charge is 0.370 e.